The summed E-state index contributed by atoms with van der Waals surface area (Å²) in [6.45, 7) is 4.70. The molecule has 0 atom stereocenters. The highest BCUT2D eigenvalue weighted by atomic mass is 16.5. The highest BCUT2D eigenvalue weighted by Gasteiger charge is 2.08. The van der Waals surface area contributed by atoms with Gasteiger partial charge in [-0.1, -0.05) is 59.1 Å². The smallest absolute Gasteiger partial charge is 0.319 e. The molecule has 6 nitrogen and oxygen atoms in total. The highest BCUT2D eigenvalue weighted by Crippen LogP contribution is 2.17. The summed E-state index contributed by atoms with van der Waals surface area (Å²) in [5.74, 6) is 1.28. The van der Waals surface area contributed by atoms with Crippen molar-refractivity contribution >= 4 is 11.7 Å². The lowest BCUT2D eigenvalue weighted by atomic mass is 10.1. The number of aromatic nitrogens is 2. The van der Waals surface area contributed by atoms with E-state index in [0.717, 1.165) is 42.5 Å². The third-order valence-electron chi connectivity index (χ3n) is 4.44. The molecule has 1 heterocycles. The van der Waals surface area contributed by atoms with Crippen molar-refractivity contribution in [3.05, 3.63) is 65.5 Å². The topological polar surface area (TPSA) is 80.0 Å². The fourth-order valence-electron chi connectivity index (χ4n) is 2.77. The largest absolute Gasteiger partial charge is 0.339 e. The molecule has 3 rings (SSSR count). The van der Waals surface area contributed by atoms with Crippen LogP contribution in [0.4, 0.5) is 10.5 Å². The lowest BCUT2D eigenvalue weighted by Crippen LogP contribution is -2.29. The summed E-state index contributed by atoms with van der Waals surface area (Å²) >= 11 is 0. The zero-order valence-corrected chi connectivity index (χ0v) is 16.4. The van der Waals surface area contributed by atoms with Gasteiger partial charge in [-0.05, 0) is 38.8 Å². The molecule has 0 unspecified atom stereocenters. The van der Waals surface area contributed by atoms with E-state index in [1.54, 1.807) is 0 Å². The van der Waals surface area contributed by atoms with Gasteiger partial charge < -0.3 is 15.2 Å². The van der Waals surface area contributed by atoms with E-state index < -0.39 is 0 Å². The number of amides is 2. The Morgan fingerprint density at radius 1 is 0.929 bits per heavy atom. The predicted molar refractivity (Wildman–Crippen MR) is 110 cm³/mol. The van der Waals surface area contributed by atoms with Gasteiger partial charge in [-0.25, -0.2) is 4.79 Å². The number of hydrogen-bond donors (Lipinski definition) is 2. The molecule has 2 N–H and O–H groups in total. The van der Waals surface area contributed by atoms with E-state index in [1.165, 1.54) is 5.56 Å². The van der Waals surface area contributed by atoms with Gasteiger partial charge in [-0.2, -0.15) is 4.98 Å². The molecule has 6 heteroatoms. The molecular weight excluding hydrogens is 352 g/mol. The van der Waals surface area contributed by atoms with Gasteiger partial charge in [0.05, 0.1) is 0 Å². The van der Waals surface area contributed by atoms with Crippen LogP contribution < -0.4 is 10.6 Å². The Kier molecular flexibility index (Phi) is 6.78. The van der Waals surface area contributed by atoms with Gasteiger partial charge in [0.25, 0.3) is 0 Å². The first-order chi connectivity index (χ1) is 13.6. The van der Waals surface area contributed by atoms with Gasteiger partial charge in [-0.15, -0.1) is 0 Å². The predicted octanol–water partition coefficient (Wildman–Crippen LogP) is 4.89. The number of rotatable bonds is 8. The number of nitrogens with one attached hydrogen (secondary N) is 2. The van der Waals surface area contributed by atoms with E-state index >= 15 is 0 Å². The summed E-state index contributed by atoms with van der Waals surface area (Å²) < 4.78 is 5.33. The molecule has 1 aromatic heterocycles. The zero-order chi connectivity index (χ0) is 19.8. The number of anilines is 1. The van der Waals surface area contributed by atoms with Crippen molar-refractivity contribution in [2.45, 2.75) is 39.5 Å². The number of benzene rings is 2. The third kappa shape index (κ3) is 5.94. The van der Waals surface area contributed by atoms with Crippen LogP contribution >= 0.6 is 0 Å². The molecule has 2 amide bonds. The Morgan fingerprint density at radius 3 is 2.32 bits per heavy atom. The SMILES string of the molecule is Cc1ccc(NC(=O)NCCCCCc2nc(-c3ccc(C)cc3)no2)cc1. The second-order valence-electron chi connectivity index (χ2n) is 6.94. The normalized spacial score (nSPS) is 10.6. The first kappa shape index (κ1) is 19.6. The van der Waals surface area contributed by atoms with E-state index in [1.807, 2.05) is 62.4 Å². The van der Waals surface area contributed by atoms with Crippen LogP contribution in [0.5, 0.6) is 0 Å². The van der Waals surface area contributed by atoms with Crippen molar-refractivity contribution in [1.29, 1.82) is 0 Å². The van der Waals surface area contributed by atoms with Gasteiger partial charge in [0.15, 0.2) is 0 Å². The molecule has 0 aliphatic rings. The summed E-state index contributed by atoms with van der Waals surface area (Å²) in [7, 11) is 0. The zero-order valence-electron chi connectivity index (χ0n) is 16.4. The molecule has 0 aliphatic heterocycles. The second kappa shape index (κ2) is 9.69. The lowest BCUT2D eigenvalue weighted by Gasteiger charge is -2.07. The molecule has 2 aromatic carbocycles. The van der Waals surface area contributed by atoms with Crippen molar-refractivity contribution in [2.24, 2.45) is 0 Å². The number of urea groups is 1. The Balaban J connectivity index is 1.31. The van der Waals surface area contributed by atoms with Crippen molar-refractivity contribution in [3.8, 4) is 11.4 Å². The van der Waals surface area contributed by atoms with Gasteiger partial charge >= 0.3 is 6.03 Å². The van der Waals surface area contributed by atoms with Crippen LogP contribution in [-0.4, -0.2) is 22.7 Å². The number of carbonyl (C=O) groups is 1. The molecule has 0 bridgehead atoms. The second-order valence-corrected chi connectivity index (χ2v) is 6.94. The summed E-state index contributed by atoms with van der Waals surface area (Å²) in [5, 5.41) is 9.75. The van der Waals surface area contributed by atoms with Gasteiger partial charge in [-0.3, -0.25) is 0 Å². The van der Waals surface area contributed by atoms with E-state index in [9.17, 15) is 4.79 Å². The molecule has 146 valence electrons. The molecule has 0 fully saturated rings. The monoisotopic (exact) mass is 378 g/mol. The molecule has 0 saturated carbocycles. The molecule has 28 heavy (non-hydrogen) atoms. The Morgan fingerprint density at radius 2 is 1.61 bits per heavy atom. The van der Waals surface area contributed by atoms with E-state index in [4.69, 9.17) is 4.52 Å². The van der Waals surface area contributed by atoms with Gasteiger partial charge in [0, 0.05) is 24.2 Å². The highest BCUT2D eigenvalue weighted by molar-refractivity contribution is 5.89. The van der Waals surface area contributed by atoms with Crippen LogP contribution in [0, 0.1) is 13.8 Å². The Bertz CT molecular complexity index is 886. The molecular formula is C22H26N4O2. The van der Waals surface area contributed by atoms with Crippen LogP contribution in [0.25, 0.3) is 11.4 Å². The van der Waals surface area contributed by atoms with Crippen LogP contribution in [0.1, 0.15) is 36.3 Å². The Labute approximate surface area is 165 Å². The summed E-state index contributed by atoms with van der Waals surface area (Å²) in [6.07, 6.45) is 3.57. The molecule has 0 spiro atoms. The van der Waals surface area contributed by atoms with Crippen LogP contribution in [0.3, 0.4) is 0 Å². The van der Waals surface area contributed by atoms with Crippen molar-refractivity contribution in [3.63, 3.8) is 0 Å². The average Bonchev–Trinajstić information content (AvgIpc) is 3.16. The standard InChI is InChI=1S/C22H26N4O2/c1-16-7-11-18(12-8-16)21-25-20(28-26-21)6-4-3-5-15-23-22(27)24-19-13-9-17(2)10-14-19/h7-14H,3-6,15H2,1-2H3,(H2,23,24,27). The van der Waals surface area contributed by atoms with E-state index in [-0.39, 0.29) is 6.03 Å². The summed E-state index contributed by atoms with van der Waals surface area (Å²) in [4.78, 5) is 16.3. The van der Waals surface area contributed by atoms with Crippen molar-refractivity contribution in [1.82, 2.24) is 15.5 Å². The lowest BCUT2D eigenvalue weighted by molar-refractivity contribution is 0.252. The van der Waals surface area contributed by atoms with Crippen LogP contribution in [-0.2, 0) is 6.42 Å². The third-order valence-corrected chi connectivity index (χ3v) is 4.44. The van der Waals surface area contributed by atoms with Crippen LogP contribution in [0.2, 0.25) is 0 Å². The number of hydrogen-bond acceptors (Lipinski definition) is 4. The van der Waals surface area contributed by atoms with E-state index in [2.05, 4.69) is 20.8 Å². The molecule has 0 radical (unpaired) electrons. The van der Waals surface area contributed by atoms with Crippen molar-refractivity contribution < 1.29 is 9.32 Å². The van der Waals surface area contributed by atoms with Gasteiger partial charge in [0.1, 0.15) is 0 Å². The molecule has 0 saturated heterocycles. The fraction of sp³-hybridized carbons (Fsp3) is 0.318. The maximum Gasteiger partial charge on any atom is 0.319 e. The fourth-order valence-corrected chi connectivity index (χ4v) is 2.77. The number of nitrogens with zero attached hydrogens (tertiary/aromatic N) is 2. The van der Waals surface area contributed by atoms with Crippen molar-refractivity contribution in [2.75, 3.05) is 11.9 Å². The van der Waals surface area contributed by atoms with Gasteiger partial charge in [0.2, 0.25) is 11.7 Å². The first-order valence-corrected chi connectivity index (χ1v) is 9.61. The molecule has 3 aromatic rings. The number of aryl methyl sites for hydroxylation is 3. The quantitative estimate of drug-likeness (QED) is 0.547. The average molecular weight is 378 g/mol. The first-order valence-electron chi connectivity index (χ1n) is 9.61. The minimum absolute atomic E-state index is 0.177. The number of unbranched alkanes of at least 4 members (excludes halogenated alkanes) is 2. The maximum atomic E-state index is 11.9. The molecule has 0 aliphatic carbocycles. The van der Waals surface area contributed by atoms with E-state index in [0.29, 0.717) is 18.3 Å². The minimum atomic E-state index is -0.177. The maximum absolute atomic E-state index is 11.9. The Hall–Kier alpha value is -3.15. The summed E-state index contributed by atoms with van der Waals surface area (Å²) in [6, 6.07) is 15.6. The minimum Gasteiger partial charge on any atom is -0.339 e. The number of carbonyl (C=O) groups excluding carboxylic acids is 1. The summed E-state index contributed by atoms with van der Waals surface area (Å²) in [5.41, 5.74) is 4.13. The van der Waals surface area contributed by atoms with Crippen LogP contribution in [0.15, 0.2) is 53.1 Å².